The molecule has 3 amide bonds. The molecule has 3 aromatic heterocycles. The summed E-state index contributed by atoms with van der Waals surface area (Å²) >= 11 is 2.52. The number of carbonyl (C=O) groups excluding carboxylic acids is 3. The summed E-state index contributed by atoms with van der Waals surface area (Å²) in [6.07, 6.45) is 3.82. The largest absolute Gasteiger partial charge is 0.462 e. The molecule has 8 heterocycles. The van der Waals surface area contributed by atoms with Crippen molar-refractivity contribution in [3.05, 3.63) is 82.0 Å². The van der Waals surface area contributed by atoms with Gasteiger partial charge >= 0.3 is 6.01 Å². The van der Waals surface area contributed by atoms with E-state index in [1.165, 1.54) is 17.0 Å². The van der Waals surface area contributed by atoms with E-state index < -0.39 is 35.2 Å². The molecule has 3 aromatic carbocycles. The van der Waals surface area contributed by atoms with E-state index in [1.807, 2.05) is 70.5 Å². The lowest BCUT2D eigenvalue weighted by Crippen LogP contribution is -2.59. The van der Waals surface area contributed by atoms with E-state index in [2.05, 4.69) is 37.6 Å². The minimum atomic E-state index is -0.931. The number of aliphatic hydroxyl groups is 1. The second kappa shape index (κ2) is 22.5. The zero-order valence-electron chi connectivity index (χ0n) is 46.5. The summed E-state index contributed by atoms with van der Waals surface area (Å²) in [5.41, 5.74) is 11.3. The fraction of sp³-hybridized carbons (Fsp3) is 0.500. The molecule has 5 saturated heterocycles. The number of nitrogens with one attached hydrogen (secondary N) is 2. The summed E-state index contributed by atoms with van der Waals surface area (Å²) in [5, 5.41) is 39.2. The number of halogens is 2. The van der Waals surface area contributed by atoms with Crippen LogP contribution in [0.4, 0.5) is 19.6 Å². The molecule has 2 bridgehead atoms. The number of hydrogen-bond donors (Lipinski definition) is 4. The van der Waals surface area contributed by atoms with Gasteiger partial charge in [-0.3, -0.25) is 19.3 Å². The number of fused-ring (bicyclic) bond motifs is 4. The van der Waals surface area contributed by atoms with E-state index >= 15 is 8.78 Å². The molecule has 5 fully saturated rings. The molecule has 5 N–H and O–H groups in total. The second-order valence-corrected chi connectivity index (χ2v) is 25.7. The Hall–Kier alpha value is -6.88. The number of rotatable bonds is 15. The zero-order chi connectivity index (χ0) is 57.2. The van der Waals surface area contributed by atoms with Gasteiger partial charge in [-0.25, -0.2) is 13.8 Å². The zero-order valence-corrected chi connectivity index (χ0v) is 48.1. The number of aryl methyl sites for hydroxylation is 2. The topological polar surface area (TPSA) is 230 Å². The summed E-state index contributed by atoms with van der Waals surface area (Å²) in [4.78, 5) is 65.8. The number of likely N-dealkylation sites (tertiary alicyclic amines) is 3. The van der Waals surface area contributed by atoms with Crippen LogP contribution in [0.1, 0.15) is 107 Å². The fourth-order valence-corrected chi connectivity index (χ4v) is 15.1. The maximum absolute atomic E-state index is 17.6. The van der Waals surface area contributed by atoms with Gasteiger partial charge in [-0.1, -0.05) is 51.1 Å². The number of aromatic nitrogens is 3. The molecule has 6 aromatic rings. The van der Waals surface area contributed by atoms with Gasteiger partial charge in [-0.05, 0) is 112 Å². The monoisotopic (exact) mass is 1140 g/mol. The molecule has 0 spiro atoms. The lowest BCUT2D eigenvalue weighted by atomic mass is 9.83. The maximum Gasteiger partial charge on any atom is 0.319 e. The Labute approximate surface area is 478 Å². The van der Waals surface area contributed by atoms with Gasteiger partial charge in [0.25, 0.3) is 0 Å². The first-order chi connectivity index (χ1) is 38.8. The van der Waals surface area contributed by atoms with Gasteiger partial charge < -0.3 is 40.9 Å². The van der Waals surface area contributed by atoms with Gasteiger partial charge in [0.2, 0.25) is 17.7 Å². The number of nitrogens with zero attached hydrogens (tertiary/aromatic N) is 9. The highest BCUT2D eigenvalue weighted by molar-refractivity contribution is 7.23. The first-order valence-corrected chi connectivity index (χ1v) is 29.8. The smallest absolute Gasteiger partial charge is 0.319 e. The average molecular weight is 1140 g/mol. The van der Waals surface area contributed by atoms with Crippen molar-refractivity contribution in [3.63, 3.8) is 0 Å². The molecular weight excluding hydrogens is 1070 g/mol. The van der Waals surface area contributed by atoms with E-state index in [9.17, 15) is 30.0 Å². The fourth-order valence-electron chi connectivity index (χ4n) is 13.4. The standard InChI is InChI=1S/C60H68F2N12O5S2/c1-31-22-42-51(50(62)48(31)41-16-17-44(61)53-49(41)43(25-64)55(65)81-53)69-59(70-56(42)72-26-37-13-14-38(27-72)68-37)79-29-46-36(24-63)19-21-71(46)20-7-8-39-15-18-47(76)74(39)54(60(4,5)6)58(78)73-28-40(75)23-45(73)57(77)67-32(2)34-9-11-35(12-10-34)52-33(3)66-30-80-52/h9-12,16-17,22,30,32,36-40,45-46,54,68,75H,7-8,13-15,18-21,23,26-29,65H2,1-6H3,(H,67,77)/t32-,36+,37?,38?,39-,40+,45-,46+,54+/m0/s1. The Morgan fingerprint density at radius 1 is 1.04 bits per heavy atom. The number of piperazine rings is 1. The molecule has 0 radical (unpaired) electrons. The Morgan fingerprint density at radius 3 is 2.48 bits per heavy atom. The SMILES string of the molecule is Cc1cc2c(N3CC4CCC(C3)N4)nc(OC[C@@H]3[C@@H](C#N)CCN3CCC[C@H]3CCC(=O)N3[C@H](C(=O)N3C[C@H](O)C[C@H]3C(=O)N[C@@H](C)c3ccc(-c4scnc4C)cc3)C(C)(C)C)nc2c(F)c1-c1ccc(F)c2sc(N)c(C#N)c12. The number of hydrogen-bond acceptors (Lipinski definition) is 16. The van der Waals surface area contributed by atoms with Crippen LogP contribution >= 0.6 is 22.7 Å². The summed E-state index contributed by atoms with van der Waals surface area (Å²) in [6.45, 7) is 13.9. The highest BCUT2D eigenvalue weighted by Crippen LogP contribution is 2.45. The van der Waals surface area contributed by atoms with Crippen LogP contribution in [0.3, 0.4) is 0 Å². The molecule has 2 unspecified atom stereocenters. The predicted octanol–water partition coefficient (Wildman–Crippen LogP) is 8.54. The lowest BCUT2D eigenvalue weighted by Gasteiger charge is -2.43. The number of benzene rings is 3. The highest BCUT2D eigenvalue weighted by atomic mass is 32.1. The van der Waals surface area contributed by atoms with Crippen LogP contribution in [-0.2, 0) is 14.4 Å². The number of aliphatic hydroxyl groups excluding tert-OH is 1. The van der Waals surface area contributed by atoms with E-state index in [1.54, 1.807) is 23.2 Å². The first-order valence-electron chi connectivity index (χ1n) is 28.1. The van der Waals surface area contributed by atoms with Crippen molar-refractivity contribution in [3.8, 4) is 39.7 Å². The van der Waals surface area contributed by atoms with Crippen molar-refractivity contribution in [2.24, 2.45) is 11.3 Å². The van der Waals surface area contributed by atoms with Crippen LogP contribution in [0.5, 0.6) is 6.01 Å². The molecular formula is C60H68F2N12O5S2. The average Bonchev–Trinajstić information content (AvgIpc) is 4.22. The third kappa shape index (κ3) is 10.7. The lowest BCUT2D eigenvalue weighted by molar-refractivity contribution is -0.152. The Balaban J connectivity index is 0.798. The number of thiazole rings is 1. The van der Waals surface area contributed by atoms with Gasteiger partial charge in [0.1, 0.15) is 46.9 Å². The maximum atomic E-state index is 17.6. The van der Waals surface area contributed by atoms with E-state index in [0.717, 1.165) is 45.9 Å². The molecule has 5 aliphatic rings. The summed E-state index contributed by atoms with van der Waals surface area (Å²) in [6, 6.07) is 14.7. The molecule has 5 aliphatic heterocycles. The molecule has 17 nitrogen and oxygen atoms in total. The van der Waals surface area contributed by atoms with Crippen molar-refractivity contribution in [1.29, 1.82) is 10.5 Å². The third-order valence-electron chi connectivity index (χ3n) is 17.3. The van der Waals surface area contributed by atoms with Crippen molar-refractivity contribution < 1.29 is 33.0 Å². The molecule has 11 rings (SSSR count). The van der Waals surface area contributed by atoms with E-state index in [-0.39, 0.29) is 118 Å². The number of anilines is 2. The van der Waals surface area contributed by atoms with Crippen LogP contribution in [0.2, 0.25) is 0 Å². The number of β-amino-alcohol motifs (C(OH)–C–C–N with tert-alkyl or cyclic N) is 1. The van der Waals surface area contributed by atoms with E-state index in [4.69, 9.17) is 20.4 Å². The summed E-state index contributed by atoms with van der Waals surface area (Å²) < 4.78 is 39.4. The van der Waals surface area contributed by atoms with Gasteiger partial charge in [0, 0.05) is 66.9 Å². The Morgan fingerprint density at radius 2 is 1.79 bits per heavy atom. The van der Waals surface area contributed by atoms with Crippen molar-refractivity contribution in [2.75, 3.05) is 50.0 Å². The quantitative estimate of drug-likeness (QED) is 0.0756. The number of amides is 3. The molecule has 424 valence electrons. The molecule has 0 saturated carbocycles. The van der Waals surface area contributed by atoms with Crippen molar-refractivity contribution >= 4 is 72.2 Å². The number of nitrogen functional groups attached to an aromatic ring is 1. The molecule has 21 heteroatoms. The van der Waals surface area contributed by atoms with Crippen LogP contribution < -0.4 is 26.0 Å². The van der Waals surface area contributed by atoms with Gasteiger partial charge in [-0.2, -0.15) is 20.5 Å². The minimum Gasteiger partial charge on any atom is -0.462 e. The van der Waals surface area contributed by atoms with Crippen LogP contribution in [0, 0.1) is 59.5 Å². The van der Waals surface area contributed by atoms with Crippen molar-refractivity contribution in [1.82, 2.24) is 40.3 Å². The number of carbonyl (C=O) groups is 3. The number of nitriles is 2. The third-order valence-corrected chi connectivity index (χ3v) is 19.3. The normalized spacial score (nSPS) is 23.8. The van der Waals surface area contributed by atoms with Gasteiger partial charge in [-0.15, -0.1) is 22.7 Å². The summed E-state index contributed by atoms with van der Waals surface area (Å²) in [5.74, 6) is -1.95. The first kappa shape index (κ1) is 56.0. The predicted molar refractivity (Wildman–Crippen MR) is 308 cm³/mol. The number of ether oxygens (including phenoxy) is 1. The molecule has 81 heavy (non-hydrogen) atoms. The van der Waals surface area contributed by atoms with Crippen LogP contribution in [0.15, 0.2) is 48.0 Å². The van der Waals surface area contributed by atoms with Gasteiger partial charge in [0.15, 0.2) is 5.82 Å². The van der Waals surface area contributed by atoms with Crippen LogP contribution in [-0.4, -0.2) is 134 Å². The van der Waals surface area contributed by atoms with E-state index in [0.29, 0.717) is 74.2 Å². The van der Waals surface area contributed by atoms with Crippen LogP contribution in [0.25, 0.3) is 42.6 Å². The summed E-state index contributed by atoms with van der Waals surface area (Å²) in [7, 11) is 0. The Bertz CT molecular complexity index is 3510. The van der Waals surface area contributed by atoms with Gasteiger partial charge in [0.05, 0.1) is 56.5 Å². The molecule has 9 atom stereocenters. The minimum absolute atomic E-state index is 0.0121. The molecule has 0 aliphatic carbocycles. The number of thiophene rings is 1. The second-order valence-electron chi connectivity index (χ2n) is 23.8. The van der Waals surface area contributed by atoms with Crippen molar-refractivity contribution in [2.45, 2.75) is 141 Å². The number of nitrogens with two attached hydrogens (primary N) is 1. The Kier molecular flexibility index (Phi) is 15.5. The highest BCUT2D eigenvalue weighted by Gasteiger charge is 2.50.